The first-order chi connectivity index (χ1) is 18.2. The number of allylic oxidation sites excluding steroid dienone is 4. The Balaban J connectivity index is 1.49. The van der Waals surface area contributed by atoms with Gasteiger partial charge in [0.2, 0.25) is 0 Å². The van der Waals surface area contributed by atoms with Crippen molar-refractivity contribution in [2.75, 3.05) is 0 Å². The molecule has 4 aromatic carbocycles. The molecule has 0 amide bonds. The summed E-state index contributed by atoms with van der Waals surface area (Å²) in [7, 11) is 0. The Bertz CT molecular complexity index is 1520. The second kappa shape index (κ2) is 10.6. The molecule has 1 aliphatic rings. The van der Waals surface area contributed by atoms with Crippen LogP contribution in [0, 0.1) is 0 Å². The normalized spacial score (nSPS) is 13.1. The van der Waals surface area contributed by atoms with Crippen LogP contribution in [0.1, 0.15) is 18.7 Å². The smallest absolute Gasteiger partial charge is 0.164 e. The zero-order valence-corrected chi connectivity index (χ0v) is 22.3. The predicted molar refractivity (Wildman–Crippen MR) is 161 cm³/mol. The molecule has 0 saturated heterocycles. The SMILES string of the molecule is IC1=CCCC(c2nc(-c3cccc(-c4ccccc4)c3)nc(-c3cccc(-c4ccccc4)c3)n2)=C1. The molecule has 3 nitrogen and oxygen atoms in total. The highest BCUT2D eigenvalue weighted by molar-refractivity contribution is 14.1. The highest BCUT2D eigenvalue weighted by Gasteiger charge is 2.16. The minimum atomic E-state index is 0.688. The minimum Gasteiger partial charge on any atom is -0.209 e. The third-order valence-electron chi connectivity index (χ3n) is 6.44. The number of halogens is 1. The average molecular weight is 589 g/mol. The van der Waals surface area contributed by atoms with Gasteiger partial charge in [0.1, 0.15) is 0 Å². The fourth-order valence-electron chi connectivity index (χ4n) is 4.55. The maximum atomic E-state index is 4.99. The van der Waals surface area contributed by atoms with E-state index >= 15 is 0 Å². The van der Waals surface area contributed by atoms with Gasteiger partial charge in [0.05, 0.1) is 0 Å². The number of rotatable bonds is 5. The lowest BCUT2D eigenvalue weighted by Crippen LogP contribution is -2.04. The molecule has 6 rings (SSSR count). The Kier molecular flexibility index (Phi) is 6.74. The molecule has 37 heavy (non-hydrogen) atoms. The van der Waals surface area contributed by atoms with Crippen molar-refractivity contribution in [1.29, 1.82) is 0 Å². The van der Waals surface area contributed by atoms with E-state index in [-0.39, 0.29) is 0 Å². The summed E-state index contributed by atoms with van der Waals surface area (Å²) in [4.78, 5) is 15.0. The van der Waals surface area contributed by atoms with Crippen LogP contribution in [-0.4, -0.2) is 15.0 Å². The molecule has 1 aliphatic carbocycles. The molecule has 0 unspecified atom stereocenters. The Labute approximate surface area is 230 Å². The molecule has 0 aliphatic heterocycles. The van der Waals surface area contributed by atoms with Crippen LogP contribution in [0.3, 0.4) is 0 Å². The van der Waals surface area contributed by atoms with Crippen LogP contribution in [0.25, 0.3) is 50.6 Å². The molecule has 4 heteroatoms. The molecule has 0 N–H and O–H groups in total. The molecule has 1 heterocycles. The quantitative estimate of drug-likeness (QED) is 0.192. The van der Waals surface area contributed by atoms with E-state index in [9.17, 15) is 0 Å². The summed E-state index contributed by atoms with van der Waals surface area (Å²) in [6.07, 6.45) is 6.35. The van der Waals surface area contributed by atoms with Gasteiger partial charge in [-0.15, -0.1) is 0 Å². The third-order valence-corrected chi connectivity index (χ3v) is 7.20. The van der Waals surface area contributed by atoms with Crippen molar-refractivity contribution >= 4 is 28.2 Å². The van der Waals surface area contributed by atoms with Gasteiger partial charge in [-0.05, 0) is 81.5 Å². The molecule has 0 atom stereocenters. The van der Waals surface area contributed by atoms with Crippen molar-refractivity contribution in [1.82, 2.24) is 15.0 Å². The van der Waals surface area contributed by atoms with Crippen molar-refractivity contribution in [3.05, 3.63) is 131 Å². The first kappa shape index (κ1) is 23.5. The van der Waals surface area contributed by atoms with Gasteiger partial charge in [-0.1, -0.05) is 103 Å². The molecule has 5 aromatic rings. The Morgan fingerprint density at radius 2 is 0.946 bits per heavy atom. The van der Waals surface area contributed by atoms with E-state index in [0.717, 1.165) is 46.5 Å². The maximum Gasteiger partial charge on any atom is 0.164 e. The van der Waals surface area contributed by atoms with Crippen molar-refractivity contribution in [2.24, 2.45) is 0 Å². The number of aromatic nitrogens is 3. The zero-order valence-electron chi connectivity index (χ0n) is 20.2. The van der Waals surface area contributed by atoms with Gasteiger partial charge in [-0.25, -0.2) is 15.0 Å². The summed E-state index contributed by atoms with van der Waals surface area (Å²) in [5, 5.41) is 0. The van der Waals surface area contributed by atoms with Gasteiger partial charge in [0.15, 0.2) is 17.5 Å². The zero-order chi connectivity index (χ0) is 25.0. The maximum absolute atomic E-state index is 4.99. The third kappa shape index (κ3) is 5.30. The number of hydrogen-bond donors (Lipinski definition) is 0. The van der Waals surface area contributed by atoms with E-state index in [0.29, 0.717) is 11.6 Å². The van der Waals surface area contributed by atoms with Crippen LogP contribution < -0.4 is 0 Å². The predicted octanol–water partition coefficient (Wildman–Crippen LogP) is 9.04. The molecule has 0 spiro atoms. The Morgan fingerprint density at radius 3 is 1.46 bits per heavy atom. The first-order valence-corrected chi connectivity index (χ1v) is 13.5. The second-order valence-electron chi connectivity index (χ2n) is 9.00. The monoisotopic (exact) mass is 589 g/mol. The second-order valence-corrected chi connectivity index (χ2v) is 10.2. The lowest BCUT2D eigenvalue weighted by Gasteiger charge is -2.13. The lowest BCUT2D eigenvalue weighted by atomic mass is 10.0. The van der Waals surface area contributed by atoms with Crippen molar-refractivity contribution < 1.29 is 0 Å². The van der Waals surface area contributed by atoms with Crippen LogP contribution in [-0.2, 0) is 0 Å². The number of nitrogens with zero attached hydrogens (tertiary/aromatic N) is 3. The standard InChI is InChI=1S/C33H24IN3/c34-30-19-9-18-29(22-30)33-36-31(27-16-7-14-25(20-27)23-10-3-1-4-11-23)35-32(37-33)28-17-8-15-26(21-28)24-12-5-2-6-13-24/h1-8,10-17,19-22H,9,18H2. The summed E-state index contributed by atoms with van der Waals surface area (Å²) in [6.45, 7) is 0. The number of benzene rings is 4. The summed E-state index contributed by atoms with van der Waals surface area (Å²) >= 11 is 2.37. The van der Waals surface area contributed by atoms with Gasteiger partial charge < -0.3 is 0 Å². The van der Waals surface area contributed by atoms with Crippen LogP contribution >= 0.6 is 22.6 Å². The number of hydrogen-bond acceptors (Lipinski definition) is 3. The summed E-state index contributed by atoms with van der Waals surface area (Å²) in [5.41, 5.74) is 7.73. The molecule has 0 saturated carbocycles. The van der Waals surface area contributed by atoms with Gasteiger partial charge in [-0.2, -0.15) is 0 Å². The van der Waals surface area contributed by atoms with Crippen LogP contribution in [0.15, 0.2) is 125 Å². The van der Waals surface area contributed by atoms with Gasteiger partial charge in [0, 0.05) is 14.7 Å². The van der Waals surface area contributed by atoms with Crippen molar-refractivity contribution in [3.8, 4) is 45.0 Å². The largest absolute Gasteiger partial charge is 0.209 e. The van der Waals surface area contributed by atoms with Crippen molar-refractivity contribution in [3.63, 3.8) is 0 Å². The summed E-state index contributed by atoms with van der Waals surface area (Å²) in [5.74, 6) is 2.12. The van der Waals surface area contributed by atoms with Gasteiger partial charge in [0.25, 0.3) is 0 Å². The van der Waals surface area contributed by atoms with Crippen LogP contribution in [0.4, 0.5) is 0 Å². The highest BCUT2D eigenvalue weighted by Crippen LogP contribution is 2.32. The van der Waals surface area contributed by atoms with E-state index in [1.807, 2.05) is 12.1 Å². The molecule has 0 fully saturated rings. The van der Waals surface area contributed by atoms with E-state index in [4.69, 9.17) is 15.0 Å². The molecule has 0 bridgehead atoms. The van der Waals surface area contributed by atoms with E-state index < -0.39 is 0 Å². The Hall–Kier alpha value is -3.90. The van der Waals surface area contributed by atoms with Crippen LogP contribution in [0.2, 0.25) is 0 Å². The minimum absolute atomic E-state index is 0.688. The highest BCUT2D eigenvalue weighted by atomic mass is 127. The van der Waals surface area contributed by atoms with E-state index in [2.05, 4.69) is 132 Å². The lowest BCUT2D eigenvalue weighted by molar-refractivity contribution is 0.977. The topological polar surface area (TPSA) is 38.7 Å². The van der Waals surface area contributed by atoms with Crippen molar-refractivity contribution in [2.45, 2.75) is 12.8 Å². The molecule has 1 aromatic heterocycles. The Morgan fingerprint density at radius 1 is 0.486 bits per heavy atom. The molecule has 0 radical (unpaired) electrons. The molecular formula is C33H24IN3. The molecule has 178 valence electrons. The van der Waals surface area contributed by atoms with Gasteiger partial charge >= 0.3 is 0 Å². The van der Waals surface area contributed by atoms with Gasteiger partial charge in [-0.3, -0.25) is 0 Å². The van der Waals surface area contributed by atoms with E-state index in [1.165, 1.54) is 14.7 Å². The fourth-order valence-corrected chi connectivity index (χ4v) is 5.24. The fraction of sp³-hybridized carbons (Fsp3) is 0.0606. The first-order valence-electron chi connectivity index (χ1n) is 12.4. The van der Waals surface area contributed by atoms with Crippen LogP contribution in [0.5, 0.6) is 0 Å². The average Bonchev–Trinajstić information content (AvgIpc) is 2.98. The summed E-state index contributed by atoms with van der Waals surface area (Å²) in [6, 6.07) is 37.7. The summed E-state index contributed by atoms with van der Waals surface area (Å²) < 4.78 is 1.22. The molecular weight excluding hydrogens is 565 g/mol. The van der Waals surface area contributed by atoms with E-state index in [1.54, 1.807) is 0 Å².